The molecule has 0 aliphatic rings. The van der Waals surface area contributed by atoms with Crippen molar-refractivity contribution in [3.05, 3.63) is 45.2 Å². The average molecular weight is 332 g/mol. The van der Waals surface area contributed by atoms with Gasteiger partial charge in [0.05, 0.1) is 20.8 Å². The Balaban J connectivity index is 2.22. The van der Waals surface area contributed by atoms with Crippen molar-refractivity contribution in [2.24, 2.45) is 0 Å². The van der Waals surface area contributed by atoms with Crippen LogP contribution in [0.2, 0.25) is 15.1 Å². The van der Waals surface area contributed by atoms with Crippen molar-refractivity contribution in [1.29, 1.82) is 0 Å². The van der Waals surface area contributed by atoms with Crippen molar-refractivity contribution >= 4 is 51.6 Å². The number of anilines is 1. The van der Waals surface area contributed by atoms with Crippen LogP contribution in [0.1, 0.15) is 0 Å². The fraction of sp³-hybridized carbons (Fsp3) is 0. The van der Waals surface area contributed by atoms with Crippen LogP contribution >= 0.6 is 34.8 Å². The number of hydrogen-bond acceptors (Lipinski definition) is 3. The molecule has 7 heteroatoms. The molecular weight excluding hydrogens is 326 g/mol. The minimum atomic E-state index is -0.490. The highest BCUT2D eigenvalue weighted by Gasteiger charge is 2.15. The molecule has 0 saturated carbocycles. The first-order chi connectivity index (χ1) is 9.45. The van der Waals surface area contributed by atoms with Crippen LogP contribution in [-0.4, -0.2) is 4.98 Å². The van der Waals surface area contributed by atoms with Gasteiger partial charge in [0.15, 0.2) is 5.58 Å². The fourth-order valence-corrected chi connectivity index (χ4v) is 2.52. The van der Waals surface area contributed by atoms with E-state index >= 15 is 0 Å². The smallest absolute Gasteiger partial charge is 0.227 e. The summed E-state index contributed by atoms with van der Waals surface area (Å²) in [6.07, 6.45) is 0. The zero-order valence-corrected chi connectivity index (χ0v) is 12.0. The van der Waals surface area contributed by atoms with E-state index in [1.54, 1.807) is 12.1 Å². The van der Waals surface area contributed by atoms with Gasteiger partial charge in [-0.1, -0.05) is 34.8 Å². The summed E-state index contributed by atoms with van der Waals surface area (Å²) < 4.78 is 18.8. The molecule has 0 bridgehead atoms. The second-order valence-electron chi connectivity index (χ2n) is 4.11. The minimum Gasteiger partial charge on any atom is -0.435 e. The molecule has 0 unspecified atom stereocenters. The Morgan fingerprint density at radius 2 is 1.65 bits per heavy atom. The number of rotatable bonds is 1. The second kappa shape index (κ2) is 4.81. The molecule has 2 aromatic carbocycles. The number of nitrogens with two attached hydrogens (primary N) is 1. The molecule has 1 aromatic heterocycles. The lowest BCUT2D eigenvalue weighted by atomic mass is 10.2. The normalized spacial score (nSPS) is 11.2. The third-order valence-electron chi connectivity index (χ3n) is 2.74. The maximum atomic E-state index is 13.3. The third-order valence-corrected chi connectivity index (χ3v) is 3.64. The van der Waals surface area contributed by atoms with E-state index in [0.717, 1.165) is 6.07 Å². The topological polar surface area (TPSA) is 52.0 Å². The second-order valence-corrected chi connectivity index (χ2v) is 5.33. The Morgan fingerprint density at radius 1 is 1.00 bits per heavy atom. The van der Waals surface area contributed by atoms with E-state index in [9.17, 15) is 4.39 Å². The molecule has 20 heavy (non-hydrogen) atoms. The summed E-state index contributed by atoms with van der Waals surface area (Å²) in [5.74, 6) is -0.257. The van der Waals surface area contributed by atoms with Crippen molar-refractivity contribution in [2.45, 2.75) is 0 Å². The molecule has 0 spiro atoms. The van der Waals surface area contributed by atoms with E-state index in [2.05, 4.69) is 4.98 Å². The average Bonchev–Trinajstić information content (AvgIpc) is 2.79. The largest absolute Gasteiger partial charge is 0.435 e. The van der Waals surface area contributed by atoms with Gasteiger partial charge in [0.1, 0.15) is 11.3 Å². The first-order valence-electron chi connectivity index (χ1n) is 5.46. The molecule has 0 saturated heterocycles. The zero-order valence-electron chi connectivity index (χ0n) is 9.75. The molecule has 0 radical (unpaired) electrons. The van der Waals surface area contributed by atoms with E-state index in [0.29, 0.717) is 16.7 Å². The maximum absolute atomic E-state index is 13.3. The molecular formula is C13H6Cl3FN2O. The summed E-state index contributed by atoms with van der Waals surface area (Å²) in [7, 11) is 0. The summed E-state index contributed by atoms with van der Waals surface area (Å²) in [5, 5.41) is 0.713. The summed E-state index contributed by atoms with van der Waals surface area (Å²) in [4.78, 5) is 4.17. The van der Waals surface area contributed by atoms with E-state index in [-0.39, 0.29) is 26.6 Å². The van der Waals surface area contributed by atoms with Gasteiger partial charge in [0.2, 0.25) is 5.89 Å². The van der Waals surface area contributed by atoms with Crippen LogP contribution in [0, 0.1) is 5.82 Å². The lowest BCUT2D eigenvalue weighted by Gasteiger charge is -2.03. The molecule has 2 N–H and O–H groups in total. The monoisotopic (exact) mass is 330 g/mol. The van der Waals surface area contributed by atoms with Gasteiger partial charge in [-0.3, -0.25) is 0 Å². The predicted octanol–water partition coefficient (Wildman–Crippen LogP) is 5.18. The quantitative estimate of drug-likeness (QED) is 0.625. The number of halogens is 4. The van der Waals surface area contributed by atoms with Gasteiger partial charge >= 0.3 is 0 Å². The molecule has 102 valence electrons. The van der Waals surface area contributed by atoms with Crippen molar-refractivity contribution in [2.75, 3.05) is 5.73 Å². The van der Waals surface area contributed by atoms with E-state index < -0.39 is 5.82 Å². The van der Waals surface area contributed by atoms with Gasteiger partial charge in [-0.25, -0.2) is 9.37 Å². The summed E-state index contributed by atoms with van der Waals surface area (Å²) in [6.45, 7) is 0. The first kappa shape index (κ1) is 13.5. The van der Waals surface area contributed by atoms with E-state index in [4.69, 9.17) is 45.0 Å². The first-order valence-corrected chi connectivity index (χ1v) is 6.59. The zero-order chi connectivity index (χ0) is 14.4. The van der Waals surface area contributed by atoms with E-state index in [1.807, 2.05) is 0 Å². The lowest BCUT2D eigenvalue weighted by Crippen LogP contribution is -1.89. The number of nitrogen functional groups attached to an aromatic ring is 1. The van der Waals surface area contributed by atoms with Crippen LogP contribution < -0.4 is 5.73 Å². The fourth-order valence-electron chi connectivity index (χ4n) is 1.79. The van der Waals surface area contributed by atoms with Gasteiger partial charge in [-0.2, -0.15) is 0 Å². The SMILES string of the molecule is Nc1c(Cl)cc(-c2nc3cc(F)cc(Cl)c3o2)cc1Cl. The predicted molar refractivity (Wildman–Crippen MR) is 78.8 cm³/mol. The molecule has 0 aliphatic carbocycles. The highest BCUT2D eigenvalue weighted by atomic mass is 35.5. The van der Waals surface area contributed by atoms with Crippen LogP contribution in [0.3, 0.4) is 0 Å². The standard InChI is InChI=1S/C13H6Cl3FN2O/c14-7-1-5(2-8(15)11(7)18)13-19-10-4-6(17)3-9(16)12(10)20-13/h1-4H,18H2. The Morgan fingerprint density at radius 3 is 2.30 bits per heavy atom. The lowest BCUT2D eigenvalue weighted by molar-refractivity contribution is 0.614. The summed E-state index contributed by atoms with van der Waals surface area (Å²) in [6, 6.07) is 5.52. The minimum absolute atomic E-state index is 0.145. The Hall–Kier alpha value is -1.49. The molecule has 1 heterocycles. The van der Waals surface area contributed by atoms with Gasteiger partial charge in [0.25, 0.3) is 0 Å². The summed E-state index contributed by atoms with van der Waals surface area (Å²) in [5.41, 5.74) is 7.08. The van der Waals surface area contributed by atoms with Crippen LogP contribution in [0.4, 0.5) is 10.1 Å². The molecule has 3 aromatic rings. The number of oxazole rings is 1. The summed E-state index contributed by atoms with van der Waals surface area (Å²) >= 11 is 17.8. The third kappa shape index (κ3) is 2.20. The van der Waals surface area contributed by atoms with Crippen LogP contribution in [0.15, 0.2) is 28.7 Å². The van der Waals surface area contributed by atoms with Crippen molar-refractivity contribution in [1.82, 2.24) is 4.98 Å². The van der Waals surface area contributed by atoms with Gasteiger partial charge < -0.3 is 10.2 Å². The van der Waals surface area contributed by atoms with Gasteiger partial charge in [0, 0.05) is 11.6 Å². The number of fused-ring (bicyclic) bond motifs is 1. The number of hydrogen-bond donors (Lipinski definition) is 1. The highest BCUT2D eigenvalue weighted by Crippen LogP contribution is 2.35. The Bertz CT molecular complexity index is 809. The Labute approximate surface area is 128 Å². The molecule has 0 fully saturated rings. The molecule has 3 nitrogen and oxygen atoms in total. The number of aromatic nitrogens is 1. The van der Waals surface area contributed by atoms with Crippen molar-refractivity contribution in [3.63, 3.8) is 0 Å². The van der Waals surface area contributed by atoms with Gasteiger partial charge in [-0.05, 0) is 18.2 Å². The van der Waals surface area contributed by atoms with Gasteiger partial charge in [-0.15, -0.1) is 0 Å². The molecule has 0 aliphatic heterocycles. The van der Waals surface area contributed by atoms with Crippen LogP contribution in [-0.2, 0) is 0 Å². The number of benzene rings is 2. The molecule has 0 amide bonds. The molecule has 0 atom stereocenters. The van der Waals surface area contributed by atoms with Crippen LogP contribution in [0.25, 0.3) is 22.6 Å². The van der Waals surface area contributed by atoms with Crippen LogP contribution in [0.5, 0.6) is 0 Å². The Kier molecular flexibility index (Phi) is 3.24. The van der Waals surface area contributed by atoms with Crippen molar-refractivity contribution in [3.8, 4) is 11.5 Å². The molecule has 3 rings (SSSR count). The van der Waals surface area contributed by atoms with Crippen molar-refractivity contribution < 1.29 is 8.81 Å². The highest BCUT2D eigenvalue weighted by molar-refractivity contribution is 6.39. The van der Waals surface area contributed by atoms with E-state index in [1.165, 1.54) is 6.07 Å². The number of nitrogens with zero attached hydrogens (tertiary/aromatic N) is 1. The maximum Gasteiger partial charge on any atom is 0.227 e.